The minimum Gasteiger partial charge on any atom is -0.497 e. The Morgan fingerprint density at radius 3 is 2.26 bits per heavy atom. The predicted molar refractivity (Wildman–Crippen MR) is 103 cm³/mol. The summed E-state index contributed by atoms with van der Waals surface area (Å²) in [6, 6.07) is 11.5. The standard InChI is InChI=1S/C18H22N2O6S/c1-13(21)19-14-4-9-18(25-3)17(12-14)20-27(22,23)11-10-26-16-7-5-15(24-2)6-8-16/h4-9,12,20H,10-11H2,1-3H3,(H,19,21). The molecule has 0 saturated carbocycles. The molecule has 0 aliphatic carbocycles. The van der Waals surface area contributed by atoms with Crippen LogP contribution in [0.2, 0.25) is 0 Å². The number of rotatable bonds is 9. The molecule has 2 aromatic carbocycles. The highest BCUT2D eigenvalue weighted by molar-refractivity contribution is 7.92. The van der Waals surface area contributed by atoms with Gasteiger partial charge in [0.1, 0.15) is 29.6 Å². The minimum atomic E-state index is -3.69. The molecule has 0 spiro atoms. The highest BCUT2D eigenvalue weighted by atomic mass is 32.2. The normalized spacial score (nSPS) is 10.8. The van der Waals surface area contributed by atoms with Gasteiger partial charge in [0.2, 0.25) is 15.9 Å². The van der Waals surface area contributed by atoms with Crippen molar-refractivity contribution in [2.75, 3.05) is 36.6 Å². The molecule has 2 rings (SSSR count). The van der Waals surface area contributed by atoms with E-state index in [-0.39, 0.29) is 24.0 Å². The van der Waals surface area contributed by atoms with Gasteiger partial charge in [-0.1, -0.05) is 0 Å². The van der Waals surface area contributed by atoms with Gasteiger partial charge in [-0.2, -0.15) is 0 Å². The fourth-order valence-corrected chi connectivity index (χ4v) is 3.13. The van der Waals surface area contributed by atoms with Crippen LogP contribution in [0, 0.1) is 0 Å². The fraction of sp³-hybridized carbons (Fsp3) is 0.278. The molecule has 1 amide bonds. The summed E-state index contributed by atoms with van der Waals surface area (Å²) in [5.74, 6) is 1.04. The summed E-state index contributed by atoms with van der Waals surface area (Å²) in [5.41, 5.74) is 0.684. The SMILES string of the molecule is COc1ccc(OCCS(=O)(=O)Nc2cc(NC(C)=O)ccc2OC)cc1. The Labute approximate surface area is 158 Å². The van der Waals surface area contributed by atoms with Gasteiger partial charge < -0.3 is 19.5 Å². The zero-order chi connectivity index (χ0) is 19.9. The maximum atomic E-state index is 12.3. The van der Waals surface area contributed by atoms with Crippen LogP contribution in [0.1, 0.15) is 6.92 Å². The Hall–Kier alpha value is -2.94. The van der Waals surface area contributed by atoms with E-state index >= 15 is 0 Å². The lowest BCUT2D eigenvalue weighted by Gasteiger charge is -2.14. The number of ether oxygens (including phenoxy) is 3. The second-order valence-electron chi connectivity index (χ2n) is 5.54. The zero-order valence-electron chi connectivity index (χ0n) is 15.3. The topological polar surface area (TPSA) is 103 Å². The van der Waals surface area contributed by atoms with E-state index in [0.29, 0.717) is 22.9 Å². The first-order chi connectivity index (χ1) is 12.8. The molecule has 27 heavy (non-hydrogen) atoms. The summed E-state index contributed by atoms with van der Waals surface area (Å²) in [6.07, 6.45) is 0. The number of hydrogen-bond acceptors (Lipinski definition) is 6. The molecule has 0 aromatic heterocycles. The summed E-state index contributed by atoms with van der Waals surface area (Å²) >= 11 is 0. The number of hydrogen-bond donors (Lipinski definition) is 2. The zero-order valence-corrected chi connectivity index (χ0v) is 16.1. The van der Waals surface area contributed by atoms with Crippen LogP contribution >= 0.6 is 0 Å². The van der Waals surface area contributed by atoms with E-state index in [0.717, 1.165) is 0 Å². The molecule has 0 atom stereocenters. The van der Waals surface area contributed by atoms with E-state index in [9.17, 15) is 13.2 Å². The molecule has 146 valence electrons. The maximum absolute atomic E-state index is 12.3. The molecule has 8 nitrogen and oxygen atoms in total. The first kappa shape index (κ1) is 20.4. The van der Waals surface area contributed by atoms with Crippen molar-refractivity contribution in [1.82, 2.24) is 0 Å². The average molecular weight is 394 g/mol. The van der Waals surface area contributed by atoms with Gasteiger partial charge in [-0.25, -0.2) is 8.42 Å². The number of carbonyl (C=O) groups excluding carboxylic acids is 1. The first-order valence-electron chi connectivity index (χ1n) is 8.06. The van der Waals surface area contributed by atoms with Crippen molar-refractivity contribution < 1.29 is 27.4 Å². The van der Waals surface area contributed by atoms with Crippen LogP contribution in [0.3, 0.4) is 0 Å². The van der Waals surface area contributed by atoms with Crippen molar-refractivity contribution in [2.45, 2.75) is 6.92 Å². The number of anilines is 2. The van der Waals surface area contributed by atoms with Gasteiger partial charge in [0, 0.05) is 12.6 Å². The molecule has 0 aliphatic rings. The third-order valence-electron chi connectivity index (χ3n) is 3.47. The van der Waals surface area contributed by atoms with E-state index < -0.39 is 10.0 Å². The molecule has 0 heterocycles. The summed E-state index contributed by atoms with van der Waals surface area (Å²) < 4.78 is 42.8. The van der Waals surface area contributed by atoms with E-state index in [1.807, 2.05) is 0 Å². The summed E-state index contributed by atoms with van der Waals surface area (Å²) in [7, 11) is -0.700. The highest BCUT2D eigenvalue weighted by Crippen LogP contribution is 2.28. The quantitative estimate of drug-likeness (QED) is 0.677. The molecule has 0 fully saturated rings. The molecule has 0 unspecified atom stereocenters. The van der Waals surface area contributed by atoms with Gasteiger partial charge in [0.15, 0.2) is 0 Å². The Kier molecular flexibility index (Phi) is 6.89. The largest absolute Gasteiger partial charge is 0.497 e. The number of methoxy groups -OCH3 is 2. The van der Waals surface area contributed by atoms with Crippen molar-refractivity contribution in [3.8, 4) is 17.2 Å². The lowest BCUT2D eigenvalue weighted by Crippen LogP contribution is -2.21. The van der Waals surface area contributed by atoms with E-state index in [1.54, 1.807) is 43.5 Å². The van der Waals surface area contributed by atoms with Gasteiger partial charge in [0.25, 0.3) is 0 Å². The van der Waals surface area contributed by atoms with Gasteiger partial charge in [-0.3, -0.25) is 9.52 Å². The first-order valence-corrected chi connectivity index (χ1v) is 9.71. The van der Waals surface area contributed by atoms with Crippen LogP contribution in [0.5, 0.6) is 17.2 Å². The summed E-state index contributed by atoms with van der Waals surface area (Å²) in [4.78, 5) is 11.2. The van der Waals surface area contributed by atoms with Gasteiger partial charge in [0.05, 0.1) is 19.9 Å². The van der Waals surface area contributed by atoms with E-state index in [1.165, 1.54) is 20.1 Å². The lowest BCUT2D eigenvalue weighted by atomic mass is 10.2. The maximum Gasteiger partial charge on any atom is 0.236 e. The van der Waals surface area contributed by atoms with Crippen LogP contribution in [-0.2, 0) is 14.8 Å². The number of amides is 1. The molecule has 0 radical (unpaired) electrons. The molecule has 9 heteroatoms. The van der Waals surface area contributed by atoms with E-state index in [2.05, 4.69) is 10.0 Å². The molecule has 0 bridgehead atoms. The Morgan fingerprint density at radius 1 is 1.00 bits per heavy atom. The predicted octanol–water partition coefficient (Wildman–Crippen LogP) is 2.48. The van der Waals surface area contributed by atoms with Gasteiger partial charge >= 0.3 is 0 Å². The highest BCUT2D eigenvalue weighted by Gasteiger charge is 2.15. The third-order valence-corrected chi connectivity index (χ3v) is 4.70. The van der Waals surface area contributed by atoms with Crippen molar-refractivity contribution >= 4 is 27.3 Å². The Morgan fingerprint density at radius 2 is 1.67 bits per heavy atom. The molecular weight excluding hydrogens is 372 g/mol. The van der Waals surface area contributed by atoms with Crippen LogP contribution in [-0.4, -0.2) is 40.9 Å². The lowest BCUT2D eigenvalue weighted by molar-refractivity contribution is -0.114. The number of sulfonamides is 1. The minimum absolute atomic E-state index is 0.0324. The molecule has 0 saturated heterocycles. The monoisotopic (exact) mass is 394 g/mol. The molecule has 0 aliphatic heterocycles. The smallest absolute Gasteiger partial charge is 0.236 e. The van der Waals surface area contributed by atoms with Crippen molar-refractivity contribution in [1.29, 1.82) is 0 Å². The van der Waals surface area contributed by atoms with Gasteiger partial charge in [-0.15, -0.1) is 0 Å². The van der Waals surface area contributed by atoms with Crippen LogP contribution < -0.4 is 24.2 Å². The van der Waals surface area contributed by atoms with Crippen LogP contribution in [0.15, 0.2) is 42.5 Å². The van der Waals surface area contributed by atoms with Crippen molar-refractivity contribution in [3.63, 3.8) is 0 Å². The van der Waals surface area contributed by atoms with Crippen LogP contribution in [0.4, 0.5) is 11.4 Å². The second-order valence-corrected chi connectivity index (χ2v) is 7.38. The van der Waals surface area contributed by atoms with Crippen LogP contribution in [0.25, 0.3) is 0 Å². The van der Waals surface area contributed by atoms with Crippen molar-refractivity contribution in [3.05, 3.63) is 42.5 Å². The summed E-state index contributed by atoms with van der Waals surface area (Å²) in [6.45, 7) is 1.33. The summed E-state index contributed by atoms with van der Waals surface area (Å²) in [5, 5.41) is 2.59. The second kappa shape index (κ2) is 9.13. The Bertz CT molecular complexity index is 881. The average Bonchev–Trinajstić information content (AvgIpc) is 2.61. The third kappa shape index (κ3) is 6.37. The van der Waals surface area contributed by atoms with Crippen molar-refractivity contribution in [2.24, 2.45) is 0 Å². The van der Waals surface area contributed by atoms with E-state index in [4.69, 9.17) is 14.2 Å². The molecule has 2 aromatic rings. The van der Waals surface area contributed by atoms with Gasteiger partial charge in [-0.05, 0) is 42.5 Å². The number of benzene rings is 2. The molecule has 2 N–H and O–H groups in total. The number of carbonyl (C=O) groups is 1. The fourth-order valence-electron chi connectivity index (χ4n) is 2.23. The molecular formula is C18H22N2O6S. The Balaban J connectivity index is 2.00. The number of nitrogens with one attached hydrogen (secondary N) is 2.